The molecule has 4 atom stereocenters. The molecule has 0 bridgehead atoms. The van der Waals surface area contributed by atoms with Crippen molar-refractivity contribution in [2.45, 2.75) is 71.6 Å². The number of nitrogens with one attached hydrogen (secondary N) is 1. The topological polar surface area (TPSA) is 35.6 Å². The van der Waals surface area contributed by atoms with Gasteiger partial charge in [0.1, 0.15) is 0 Å². The van der Waals surface area contributed by atoms with Crippen LogP contribution in [0.2, 0.25) is 0 Å². The maximum Gasteiger partial charge on any atom is 0.241 e. The van der Waals surface area contributed by atoms with Crippen LogP contribution >= 0.6 is 0 Å². The Morgan fingerprint density at radius 2 is 2.10 bits per heavy atom. The summed E-state index contributed by atoms with van der Waals surface area (Å²) >= 11 is 0. The van der Waals surface area contributed by atoms with E-state index in [4.69, 9.17) is 0 Å². The van der Waals surface area contributed by atoms with Crippen molar-refractivity contribution in [2.24, 2.45) is 11.8 Å². The Bertz CT molecular complexity index is 358. The summed E-state index contributed by atoms with van der Waals surface area (Å²) in [6.45, 7) is 11.2. The number of piperidine rings is 1. The standard InChI is InChI=1S/C17H33N3O/c1-6-7-14-17(21)20(16(18-14)10-12(2)3)15-8-9-19(5)11-13(15)4/h12-16,18H,6-11H2,1-5H3. The van der Waals surface area contributed by atoms with E-state index in [1.807, 2.05) is 0 Å². The van der Waals surface area contributed by atoms with Gasteiger partial charge in [-0.05, 0) is 44.7 Å². The summed E-state index contributed by atoms with van der Waals surface area (Å²) in [4.78, 5) is 17.5. The van der Waals surface area contributed by atoms with E-state index in [-0.39, 0.29) is 12.2 Å². The van der Waals surface area contributed by atoms with Gasteiger partial charge in [-0.15, -0.1) is 0 Å². The Hall–Kier alpha value is -0.610. The Morgan fingerprint density at radius 1 is 1.38 bits per heavy atom. The minimum Gasteiger partial charge on any atom is -0.322 e. The fourth-order valence-electron chi connectivity index (χ4n) is 3.99. The Morgan fingerprint density at radius 3 is 2.67 bits per heavy atom. The summed E-state index contributed by atoms with van der Waals surface area (Å²) in [5.74, 6) is 1.52. The van der Waals surface area contributed by atoms with Crippen molar-refractivity contribution in [1.82, 2.24) is 15.1 Å². The normalized spacial score (nSPS) is 35.0. The molecule has 0 saturated carbocycles. The highest BCUT2D eigenvalue weighted by Crippen LogP contribution is 2.29. The van der Waals surface area contributed by atoms with E-state index in [9.17, 15) is 4.79 Å². The predicted molar refractivity (Wildman–Crippen MR) is 87.0 cm³/mol. The number of hydrogen-bond acceptors (Lipinski definition) is 3. The average Bonchev–Trinajstić information content (AvgIpc) is 2.67. The zero-order chi connectivity index (χ0) is 15.6. The highest BCUT2D eigenvalue weighted by Gasteiger charge is 2.44. The third-order valence-corrected chi connectivity index (χ3v) is 4.97. The van der Waals surface area contributed by atoms with Crippen LogP contribution < -0.4 is 5.32 Å². The highest BCUT2D eigenvalue weighted by molar-refractivity contribution is 5.84. The number of likely N-dealkylation sites (tertiary alicyclic amines) is 1. The summed E-state index contributed by atoms with van der Waals surface area (Å²) in [6.07, 6.45) is 4.44. The van der Waals surface area contributed by atoms with Gasteiger partial charge in [0, 0.05) is 12.6 Å². The molecule has 0 radical (unpaired) electrons. The second kappa shape index (κ2) is 7.10. The summed E-state index contributed by atoms with van der Waals surface area (Å²) in [5, 5.41) is 3.61. The number of rotatable bonds is 5. The van der Waals surface area contributed by atoms with Crippen molar-refractivity contribution >= 4 is 5.91 Å². The maximum atomic E-state index is 12.9. The molecule has 1 N–H and O–H groups in total. The molecule has 2 heterocycles. The summed E-state index contributed by atoms with van der Waals surface area (Å²) in [7, 11) is 2.18. The smallest absolute Gasteiger partial charge is 0.241 e. The van der Waals surface area contributed by atoms with Crippen molar-refractivity contribution < 1.29 is 4.79 Å². The molecule has 0 aromatic rings. The average molecular weight is 295 g/mol. The van der Waals surface area contributed by atoms with Crippen LogP contribution in [-0.4, -0.2) is 54.1 Å². The van der Waals surface area contributed by atoms with Gasteiger partial charge in [-0.2, -0.15) is 0 Å². The first-order chi connectivity index (χ1) is 9.93. The van der Waals surface area contributed by atoms with Gasteiger partial charge in [0.15, 0.2) is 0 Å². The lowest BCUT2D eigenvalue weighted by molar-refractivity contribution is -0.134. The molecule has 2 rings (SSSR count). The largest absolute Gasteiger partial charge is 0.322 e. The van der Waals surface area contributed by atoms with Gasteiger partial charge in [0.2, 0.25) is 5.91 Å². The number of carbonyl (C=O) groups is 1. The molecule has 4 heteroatoms. The van der Waals surface area contributed by atoms with E-state index >= 15 is 0 Å². The molecule has 1 amide bonds. The lowest BCUT2D eigenvalue weighted by Crippen LogP contribution is -2.53. The molecule has 0 aliphatic carbocycles. The van der Waals surface area contributed by atoms with Crippen molar-refractivity contribution in [3.63, 3.8) is 0 Å². The van der Waals surface area contributed by atoms with Gasteiger partial charge in [-0.1, -0.05) is 34.1 Å². The minimum atomic E-state index is 0.0469. The van der Waals surface area contributed by atoms with Crippen LogP contribution in [0.4, 0.5) is 0 Å². The van der Waals surface area contributed by atoms with Gasteiger partial charge in [-0.25, -0.2) is 0 Å². The zero-order valence-corrected chi connectivity index (χ0v) is 14.4. The van der Waals surface area contributed by atoms with E-state index in [1.54, 1.807) is 0 Å². The maximum absolute atomic E-state index is 12.9. The monoisotopic (exact) mass is 295 g/mol. The second-order valence-electron chi connectivity index (χ2n) is 7.49. The van der Waals surface area contributed by atoms with Crippen molar-refractivity contribution in [1.29, 1.82) is 0 Å². The van der Waals surface area contributed by atoms with Gasteiger partial charge >= 0.3 is 0 Å². The molecule has 4 nitrogen and oxygen atoms in total. The molecular weight excluding hydrogens is 262 g/mol. The molecule has 4 unspecified atom stereocenters. The van der Waals surface area contributed by atoms with Gasteiger partial charge in [-0.3, -0.25) is 10.1 Å². The van der Waals surface area contributed by atoms with Crippen LogP contribution in [-0.2, 0) is 4.79 Å². The third-order valence-electron chi connectivity index (χ3n) is 4.97. The first kappa shape index (κ1) is 16.8. The molecule has 0 aromatic heterocycles. The van der Waals surface area contributed by atoms with E-state index in [0.717, 1.165) is 38.8 Å². The molecule has 21 heavy (non-hydrogen) atoms. The molecule has 2 aliphatic rings. The zero-order valence-electron chi connectivity index (χ0n) is 14.4. The molecular formula is C17H33N3O. The fraction of sp³-hybridized carbons (Fsp3) is 0.941. The molecule has 122 valence electrons. The van der Waals surface area contributed by atoms with Gasteiger partial charge in [0.05, 0.1) is 12.2 Å². The van der Waals surface area contributed by atoms with Crippen LogP contribution in [0.5, 0.6) is 0 Å². The van der Waals surface area contributed by atoms with Crippen LogP contribution in [0.25, 0.3) is 0 Å². The van der Waals surface area contributed by atoms with E-state index in [0.29, 0.717) is 23.8 Å². The van der Waals surface area contributed by atoms with Crippen LogP contribution in [0.3, 0.4) is 0 Å². The molecule has 2 fully saturated rings. The first-order valence-electron chi connectivity index (χ1n) is 8.70. The highest BCUT2D eigenvalue weighted by atomic mass is 16.2. The number of hydrogen-bond donors (Lipinski definition) is 1. The second-order valence-corrected chi connectivity index (χ2v) is 7.49. The van der Waals surface area contributed by atoms with Crippen LogP contribution in [0, 0.1) is 11.8 Å². The fourth-order valence-corrected chi connectivity index (χ4v) is 3.99. The molecule has 2 saturated heterocycles. The Kier molecular flexibility index (Phi) is 5.67. The third kappa shape index (κ3) is 3.78. The summed E-state index contributed by atoms with van der Waals surface area (Å²) in [6, 6.07) is 0.456. The Balaban J connectivity index is 2.13. The number of amides is 1. The lowest BCUT2D eigenvalue weighted by Gasteiger charge is -2.42. The quantitative estimate of drug-likeness (QED) is 0.845. The number of carbonyl (C=O) groups excluding carboxylic acids is 1. The molecule has 2 aliphatic heterocycles. The van der Waals surface area contributed by atoms with Gasteiger partial charge < -0.3 is 9.80 Å². The molecule has 0 aromatic carbocycles. The van der Waals surface area contributed by atoms with E-state index in [2.05, 4.69) is 49.9 Å². The van der Waals surface area contributed by atoms with Crippen molar-refractivity contribution in [3.05, 3.63) is 0 Å². The predicted octanol–water partition coefficient (Wildman–Crippen LogP) is 2.30. The lowest BCUT2D eigenvalue weighted by atomic mass is 9.91. The summed E-state index contributed by atoms with van der Waals surface area (Å²) < 4.78 is 0. The number of nitrogens with zero attached hydrogens (tertiary/aromatic N) is 2. The van der Waals surface area contributed by atoms with Crippen LogP contribution in [0.15, 0.2) is 0 Å². The van der Waals surface area contributed by atoms with Gasteiger partial charge in [0.25, 0.3) is 0 Å². The summed E-state index contributed by atoms with van der Waals surface area (Å²) in [5.41, 5.74) is 0. The van der Waals surface area contributed by atoms with Crippen molar-refractivity contribution in [2.75, 3.05) is 20.1 Å². The molecule has 0 spiro atoms. The first-order valence-corrected chi connectivity index (χ1v) is 8.70. The van der Waals surface area contributed by atoms with E-state index < -0.39 is 0 Å². The SMILES string of the molecule is CCCC1NC(CC(C)C)N(C2CCN(C)CC2C)C1=O. The van der Waals surface area contributed by atoms with E-state index in [1.165, 1.54) is 0 Å². The minimum absolute atomic E-state index is 0.0469. The Labute approximate surface area is 130 Å². The van der Waals surface area contributed by atoms with Crippen molar-refractivity contribution in [3.8, 4) is 0 Å². The van der Waals surface area contributed by atoms with Crippen LogP contribution in [0.1, 0.15) is 53.4 Å².